The Balaban J connectivity index is -0.0000000450. The average molecular weight is 120 g/mol. The summed E-state index contributed by atoms with van der Waals surface area (Å²) in [5, 5.41) is 14.8. The second-order valence-electron chi connectivity index (χ2n) is 0.224. The van der Waals surface area contributed by atoms with Gasteiger partial charge in [-0.1, -0.05) is 0 Å². The standard InChI is InChI=1S/Ca.NO3.H3N/c;2-1(3)4;/h;;1H3/q;-1;/p+1. The maximum absolute atomic E-state index is 8.25. The maximum atomic E-state index is 8.25. The molecular weight excluding hydrogens is 116 g/mol. The summed E-state index contributed by atoms with van der Waals surface area (Å²) in [4.78, 5) is 8.25. The Morgan fingerprint density at radius 2 is 1.33 bits per heavy atom. The van der Waals surface area contributed by atoms with E-state index in [2.05, 4.69) is 0 Å². The Bertz CT molecular complexity index is 31.8. The summed E-state index contributed by atoms with van der Waals surface area (Å²) >= 11 is 0. The third-order valence-electron chi connectivity index (χ3n) is 0. The molecular formula is H4CaN2O3. The van der Waals surface area contributed by atoms with Gasteiger partial charge in [0, 0.05) is 37.7 Å². The number of rotatable bonds is 0. The van der Waals surface area contributed by atoms with Crippen LogP contribution in [0.3, 0.4) is 0 Å². The molecule has 6 heavy (non-hydrogen) atoms. The first-order valence-electron chi connectivity index (χ1n) is 0.548. The monoisotopic (exact) mass is 120 g/mol. The molecule has 0 fully saturated rings. The second kappa shape index (κ2) is 9.05. The first-order valence-corrected chi connectivity index (χ1v) is 0.548. The molecule has 0 aliphatic rings. The Morgan fingerprint density at radius 1 is 1.33 bits per heavy atom. The minimum absolute atomic E-state index is 0. The first-order chi connectivity index (χ1) is 1.73. The van der Waals surface area contributed by atoms with Crippen molar-refractivity contribution in [3.8, 4) is 0 Å². The van der Waals surface area contributed by atoms with Crippen LogP contribution >= 0.6 is 0 Å². The molecule has 0 aliphatic carbocycles. The molecule has 0 rings (SSSR count). The fourth-order valence-corrected chi connectivity index (χ4v) is 0. The fourth-order valence-electron chi connectivity index (χ4n) is 0. The van der Waals surface area contributed by atoms with Crippen LogP contribution in [0.4, 0.5) is 0 Å². The molecule has 0 spiro atoms. The van der Waals surface area contributed by atoms with Crippen LogP contribution in [-0.4, -0.2) is 42.8 Å². The van der Waals surface area contributed by atoms with Crippen molar-refractivity contribution in [2.24, 2.45) is 0 Å². The van der Waals surface area contributed by atoms with Crippen LogP contribution < -0.4 is 6.15 Å². The molecule has 0 unspecified atom stereocenters. The van der Waals surface area contributed by atoms with Crippen LogP contribution in [0.5, 0.6) is 0 Å². The van der Waals surface area contributed by atoms with E-state index in [4.69, 9.17) is 15.3 Å². The van der Waals surface area contributed by atoms with Crippen LogP contribution in [0.1, 0.15) is 0 Å². The Kier molecular flexibility index (Phi) is 24.3. The van der Waals surface area contributed by atoms with Gasteiger partial charge in [-0.2, -0.15) is 0 Å². The molecule has 4 N–H and O–H groups in total. The molecule has 0 saturated heterocycles. The molecule has 6 heteroatoms. The summed E-state index contributed by atoms with van der Waals surface area (Å²) in [6.45, 7) is 0. The summed E-state index contributed by atoms with van der Waals surface area (Å²) < 4.78 is 0. The Morgan fingerprint density at radius 3 is 1.33 bits per heavy atom. The van der Waals surface area contributed by atoms with E-state index in [1.807, 2.05) is 0 Å². The average Bonchev–Trinajstić information content (AvgIpc) is 0.811. The molecule has 0 aromatic heterocycles. The van der Waals surface area contributed by atoms with Crippen molar-refractivity contribution in [2.45, 2.75) is 0 Å². The van der Waals surface area contributed by atoms with Crippen molar-refractivity contribution in [3.05, 3.63) is 15.3 Å². The Labute approximate surface area is 64.0 Å². The molecule has 34 valence electrons. The largest absolute Gasteiger partial charge is 0.369 e. The van der Waals surface area contributed by atoms with Crippen LogP contribution in [0.2, 0.25) is 0 Å². The minimum atomic E-state index is -1.75. The van der Waals surface area contributed by atoms with Crippen molar-refractivity contribution in [3.63, 3.8) is 0 Å². The van der Waals surface area contributed by atoms with E-state index in [-0.39, 0.29) is 43.9 Å². The van der Waals surface area contributed by atoms with Gasteiger partial charge in [0.05, 0.1) is 5.09 Å². The zero-order chi connectivity index (χ0) is 3.58. The zero-order valence-corrected chi connectivity index (χ0v) is 5.59. The van der Waals surface area contributed by atoms with Gasteiger partial charge in [-0.3, -0.25) is 0 Å². The van der Waals surface area contributed by atoms with Gasteiger partial charge < -0.3 is 21.5 Å². The molecule has 0 heterocycles. The molecule has 0 bridgehead atoms. The van der Waals surface area contributed by atoms with E-state index in [0.29, 0.717) is 0 Å². The third kappa shape index (κ3) is 293. The van der Waals surface area contributed by atoms with Gasteiger partial charge in [0.2, 0.25) is 0 Å². The van der Waals surface area contributed by atoms with Crippen LogP contribution in [0.25, 0.3) is 0 Å². The maximum Gasteiger partial charge on any atom is 0.0689 e. The van der Waals surface area contributed by atoms with Gasteiger partial charge in [0.25, 0.3) is 0 Å². The van der Waals surface area contributed by atoms with Gasteiger partial charge in [-0.15, -0.1) is 0 Å². The van der Waals surface area contributed by atoms with E-state index >= 15 is 0 Å². The summed E-state index contributed by atoms with van der Waals surface area (Å²) in [5.74, 6) is 0. The SMILES string of the molecule is O=[N+]([O-])[O-].[Ca].[NH4+]. The third-order valence-corrected chi connectivity index (χ3v) is 0. The van der Waals surface area contributed by atoms with E-state index in [9.17, 15) is 0 Å². The molecule has 0 aromatic carbocycles. The fraction of sp³-hybridized carbons (Fsp3) is 0. The molecule has 5 nitrogen and oxygen atoms in total. The van der Waals surface area contributed by atoms with Crippen molar-refractivity contribution >= 4 is 37.7 Å². The summed E-state index contributed by atoms with van der Waals surface area (Å²) in [6, 6.07) is 0. The topological polar surface area (TPSA) is 103 Å². The molecule has 0 saturated carbocycles. The number of hydrogen-bond donors (Lipinski definition) is 1. The summed E-state index contributed by atoms with van der Waals surface area (Å²) in [5.41, 5.74) is 0. The Hall–Kier alpha value is 0.420. The van der Waals surface area contributed by atoms with E-state index in [0.717, 1.165) is 0 Å². The van der Waals surface area contributed by atoms with Crippen molar-refractivity contribution in [1.29, 1.82) is 0 Å². The van der Waals surface area contributed by atoms with Crippen molar-refractivity contribution in [1.82, 2.24) is 6.15 Å². The predicted octanol–water partition coefficient (Wildman–Crippen LogP) is -0.244. The molecule has 0 amide bonds. The minimum Gasteiger partial charge on any atom is -0.369 e. The number of hydrogen-bond acceptors (Lipinski definition) is 3. The molecule has 0 atom stereocenters. The van der Waals surface area contributed by atoms with Crippen LogP contribution in [0, 0.1) is 15.3 Å². The molecule has 2 radical (unpaired) electrons. The zero-order valence-electron chi connectivity index (χ0n) is 3.38. The smallest absolute Gasteiger partial charge is 0.0689 e. The molecule has 0 aromatic rings. The van der Waals surface area contributed by atoms with Gasteiger partial charge in [-0.05, 0) is 0 Å². The normalized spacial score (nSPS) is 4.00. The first kappa shape index (κ1) is 16.1. The summed E-state index contributed by atoms with van der Waals surface area (Å²) in [6.07, 6.45) is 0. The van der Waals surface area contributed by atoms with E-state index in [1.165, 1.54) is 0 Å². The number of nitrogens with zero attached hydrogens (tertiary/aromatic N) is 1. The van der Waals surface area contributed by atoms with Gasteiger partial charge in [0.15, 0.2) is 0 Å². The van der Waals surface area contributed by atoms with Crippen LogP contribution in [-0.2, 0) is 0 Å². The van der Waals surface area contributed by atoms with Gasteiger partial charge >= 0.3 is 0 Å². The van der Waals surface area contributed by atoms with E-state index < -0.39 is 5.09 Å². The second-order valence-corrected chi connectivity index (χ2v) is 0.224. The van der Waals surface area contributed by atoms with Crippen LogP contribution in [0.15, 0.2) is 0 Å². The number of quaternary nitrogens is 1. The molecule has 0 aliphatic heterocycles. The van der Waals surface area contributed by atoms with Crippen molar-refractivity contribution < 1.29 is 5.09 Å². The predicted molar refractivity (Wildman–Crippen MR) is 22.1 cm³/mol. The van der Waals surface area contributed by atoms with Gasteiger partial charge in [-0.25, -0.2) is 0 Å². The quantitative estimate of drug-likeness (QED) is 0.271. The van der Waals surface area contributed by atoms with Crippen molar-refractivity contribution in [2.75, 3.05) is 0 Å². The summed E-state index contributed by atoms with van der Waals surface area (Å²) in [7, 11) is 0. The van der Waals surface area contributed by atoms with Gasteiger partial charge in [0.1, 0.15) is 0 Å². The van der Waals surface area contributed by atoms with E-state index in [1.54, 1.807) is 0 Å².